The van der Waals surface area contributed by atoms with E-state index in [1.807, 2.05) is 66.8 Å². The predicted molar refractivity (Wildman–Crippen MR) is 158 cm³/mol. The van der Waals surface area contributed by atoms with Crippen LogP contribution in [0.3, 0.4) is 0 Å². The van der Waals surface area contributed by atoms with Gasteiger partial charge in [0.05, 0.1) is 12.0 Å². The molecule has 1 aromatic rings. The number of aliphatic hydroxyl groups excluding tert-OH is 1. The minimum atomic E-state index is -0.292. The van der Waals surface area contributed by atoms with Crippen LogP contribution in [0, 0.1) is 58.2 Å². The smallest absolute Gasteiger partial charge is 0.170 e. The van der Waals surface area contributed by atoms with Crippen molar-refractivity contribution in [2.24, 2.45) is 58.2 Å². The molecular formula is C36H48O3. The Morgan fingerprint density at radius 1 is 0.872 bits per heavy atom. The summed E-state index contributed by atoms with van der Waals surface area (Å²) in [6, 6.07) is 9.46. The van der Waals surface area contributed by atoms with Crippen LogP contribution in [-0.4, -0.2) is 22.8 Å². The lowest BCUT2D eigenvalue weighted by Gasteiger charge is -2.59. The third-order valence-corrected chi connectivity index (χ3v) is 11.8. The molecule has 3 fully saturated rings. The van der Waals surface area contributed by atoms with Gasteiger partial charge in [-0.2, -0.15) is 0 Å². The van der Waals surface area contributed by atoms with Gasteiger partial charge in [-0.1, -0.05) is 95.3 Å². The van der Waals surface area contributed by atoms with Crippen molar-refractivity contribution in [3.8, 4) is 0 Å². The second-order valence-electron chi connectivity index (χ2n) is 14.2. The molecule has 3 saturated carbocycles. The fourth-order valence-corrected chi connectivity index (χ4v) is 9.33. The maximum Gasteiger partial charge on any atom is 0.170 e. The first-order valence-electron chi connectivity index (χ1n) is 15.4. The van der Waals surface area contributed by atoms with Gasteiger partial charge in [-0.25, -0.2) is 0 Å². The lowest BCUT2D eigenvalue weighted by molar-refractivity contribution is -0.146. The first-order valence-corrected chi connectivity index (χ1v) is 15.4. The van der Waals surface area contributed by atoms with Crippen molar-refractivity contribution in [2.45, 2.75) is 79.2 Å². The fourth-order valence-electron chi connectivity index (χ4n) is 9.33. The molecular weight excluding hydrogens is 480 g/mol. The maximum atomic E-state index is 14.0. The molecule has 0 aliphatic heterocycles. The molecule has 1 aromatic carbocycles. The summed E-state index contributed by atoms with van der Waals surface area (Å²) in [5, 5.41) is 11.2. The third-order valence-electron chi connectivity index (χ3n) is 11.8. The molecule has 1 N–H and O–H groups in total. The first-order chi connectivity index (χ1) is 18.5. The molecule has 2 bridgehead atoms. The Morgan fingerprint density at radius 2 is 1.59 bits per heavy atom. The second-order valence-corrected chi connectivity index (χ2v) is 14.2. The minimum Gasteiger partial charge on any atom is -0.393 e. The van der Waals surface area contributed by atoms with Gasteiger partial charge < -0.3 is 5.11 Å². The van der Waals surface area contributed by atoms with Gasteiger partial charge in [0.1, 0.15) is 0 Å². The molecule has 0 aromatic heterocycles. The van der Waals surface area contributed by atoms with E-state index in [9.17, 15) is 14.7 Å². The number of rotatable bonds is 5. The summed E-state index contributed by atoms with van der Waals surface area (Å²) in [6.07, 6.45) is 17.7. The molecule has 4 unspecified atom stereocenters. The molecule has 0 saturated heterocycles. The van der Waals surface area contributed by atoms with Crippen LogP contribution in [0.5, 0.6) is 0 Å². The molecule has 10 atom stereocenters. The van der Waals surface area contributed by atoms with E-state index in [-0.39, 0.29) is 46.3 Å². The van der Waals surface area contributed by atoms with E-state index in [1.165, 1.54) is 0 Å². The number of hydrogen-bond donors (Lipinski definition) is 1. The van der Waals surface area contributed by atoms with Crippen LogP contribution < -0.4 is 0 Å². The lowest BCUT2D eigenvalue weighted by atomic mass is 9.45. The number of Topliss-reactive ketones (excluding diaryl/α,β-unsaturated/α-hetero) is 1. The van der Waals surface area contributed by atoms with E-state index in [0.29, 0.717) is 35.2 Å². The summed E-state index contributed by atoms with van der Waals surface area (Å²) in [7, 11) is 0. The van der Waals surface area contributed by atoms with Crippen molar-refractivity contribution in [1.82, 2.24) is 0 Å². The van der Waals surface area contributed by atoms with Crippen LogP contribution in [0.15, 0.2) is 66.8 Å². The predicted octanol–water partition coefficient (Wildman–Crippen LogP) is 7.86. The maximum absolute atomic E-state index is 14.0. The highest BCUT2D eigenvalue weighted by molar-refractivity contribution is 5.99. The van der Waals surface area contributed by atoms with Crippen LogP contribution in [0.2, 0.25) is 0 Å². The highest BCUT2D eigenvalue weighted by Crippen LogP contribution is 2.61. The molecule has 5 rings (SSSR count). The van der Waals surface area contributed by atoms with Crippen LogP contribution in [0.25, 0.3) is 0 Å². The van der Waals surface area contributed by atoms with Crippen molar-refractivity contribution in [2.75, 3.05) is 0 Å². The van der Waals surface area contributed by atoms with Gasteiger partial charge in [-0.05, 0) is 85.0 Å². The lowest BCUT2D eigenvalue weighted by Crippen LogP contribution is -2.55. The molecule has 4 aliphatic carbocycles. The van der Waals surface area contributed by atoms with Gasteiger partial charge in [0.15, 0.2) is 11.6 Å². The first kappa shape index (κ1) is 28.3. The zero-order chi connectivity index (χ0) is 27.9. The molecule has 4 aliphatic rings. The SMILES string of the molecule is C[C@@H]1CCC(O)[C@@]2(C)CC[C@H]3[C@H](C)CC(C(=O)/C=C/C4C=CC=CC4C(=O)c4ccccc4)[C@H](C[C@H]12)C3(C)C. The molecule has 3 heteroatoms. The molecule has 0 radical (unpaired) electrons. The Kier molecular flexibility index (Phi) is 7.94. The summed E-state index contributed by atoms with van der Waals surface area (Å²) in [4.78, 5) is 27.3. The second kappa shape index (κ2) is 11.0. The van der Waals surface area contributed by atoms with Gasteiger partial charge in [-0.3, -0.25) is 9.59 Å². The van der Waals surface area contributed by atoms with Crippen molar-refractivity contribution >= 4 is 11.6 Å². The van der Waals surface area contributed by atoms with Gasteiger partial charge in [0, 0.05) is 17.4 Å². The fraction of sp³-hybridized carbons (Fsp3) is 0.611. The Bertz CT molecular complexity index is 1140. The van der Waals surface area contributed by atoms with Gasteiger partial charge in [0.2, 0.25) is 0 Å². The highest BCUT2D eigenvalue weighted by Gasteiger charge is 2.56. The van der Waals surface area contributed by atoms with E-state index in [1.54, 1.807) is 0 Å². The number of carbonyl (C=O) groups excluding carboxylic acids is 2. The summed E-state index contributed by atoms with van der Waals surface area (Å²) >= 11 is 0. The average Bonchev–Trinajstić information content (AvgIpc) is 2.92. The van der Waals surface area contributed by atoms with E-state index < -0.39 is 0 Å². The standard InChI is InChI=1S/C36H48O3/c1-23-15-18-33(38)36(5)20-19-29-24(2)21-28(31(22-30(23)36)35(29,3)4)32(37)17-16-25-11-9-10-14-27(25)34(39)26-12-7-6-8-13-26/h6-14,16-17,23-25,27-31,33,38H,15,18-22H2,1-5H3/b17-16+/t23-,24-,25?,27?,28?,29+,30-,31+,33?,36+/m1/s1. The zero-order valence-corrected chi connectivity index (χ0v) is 24.6. The van der Waals surface area contributed by atoms with Gasteiger partial charge >= 0.3 is 0 Å². The van der Waals surface area contributed by atoms with E-state index >= 15 is 0 Å². The number of benzene rings is 1. The quantitative estimate of drug-likeness (QED) is 0.313. The zero-order valence-electron chi connectivity index (χ0n) is 24.6. The van der Waals surface area contributed by atoms with E-state index in [2.05, 4.69) is 34.6 Å². The summed E-state index contributed by atoms with van der Waals surface area (Å²) in [6.45, 7) is 11.9. The van der Waals surface area contributed by atoms with Crippen LogP contribution in [0.1, 0.15) is 83.5 Å². The highest BCUT2D eigenvalue weighted by atomic mass is 16.3. The van der Waals surface area contributed by atoms with Crippen LogP contribution >= 0.6 is 0 Å². The Morgan fingerprint density at radius 3 is 2.33 bits per heavy atom. The van der Waals surface area contributed by atoms with Crippen molar-refractivity contribution in [3.63, 3.8) is 0 Å². The minimum absolute atomic E-state index is 0.0116. The number of fused-ring (bicyclic) bond motifs is 3. The Labute approximate surface area is 235 Å². The van der Waals surface area contributed by atoms with E-state index in [4.69, 9.17) is 0 Å². The topological polar surface area (TPSA) is 54.4 Å². The molecule has 3 nitrogen and oxygen atoms in total. The molecule has 210 valence electrons. The number of ketones is 2. The normalized spacial score (nSPS) is 41.4. The number of aliphatic hydroxyl groups is 1. The molecule has 0 spiro atoms. The Hall–Kier alpha value is -2.26. The van der Waals surface area contributed by atoms with Crippen molar-refractivity contribution in [1.29, 1.82) is 0 Å². The van der Waals surface area contributed by atoms with Gasteiger partial charge in [0.25, 0.3) is 0 Å². The van der Waals surface area contributed by atoms with Crippen molar-refractivity contribution in [3.05, 3.63) is 72.4 Å². The summed E-state index contributed by atoms with van der Waals surface area (Å²) < 4.78 is 0. The largest absolute Gasteiger partial charge is 0.393 e. The van der Waals surface area contributed by atoms with Crippen LogP contribution in [-0.2, 0) is 4.79 Å². The van der Waals surface area contributed by atoms with E-state index in [0.717, 1.165) is 38.5 Å². The Balaban J connectivity index is 1.40. The third kappa shape index (κ3) is 5.17. The van der Waals surface area contributed by atoms with Crippen molar-refractivity contribution < 1.29 is 14.7 Å². The number of carbonyl (C=O) groups is 2. The summed E-state index contributed by atoms with van der Waals surface area (Å²) in [5.74, 6) is 2.25. The number of hydrogen-bond acceptors (Lipinski definition) is 3. The average molecular weight is 529 g/mol. The molecule has 39 heavy (non-hydrogen) atoms. The molecule has 0 heterocycles. The number of allylic oxidation sites excluding steroid dienone is 6. The summed E-state index contributed by atoms with van der Waals surface area (Å²) in [5.41, 5.74) is 0.728. The van der Waals surface area contributed by atoms with Crippen LogP contribution in [0.4, 0.5) is 0 Å². The molecule has 0 amide bonds. The van der Waals surface area contributed by atoms with Gasteiger partial charge in [-0.15, -0.1) is 0 Å². The monoisotopic (exact) mass is 528 g/mol.